The van der Waals surface area contributed by atoms with Crippen molar-refractivity contribution >= 4 is 17.9 Å². The number of carbonyl (C=O) groups is 2. The van der Waals surface area contributed by atoms with E-state index in [1.807, 2.05) is 0 Å². The highest BCUT2D eigenvalue weighted by Gasteiger charge is 2.13. The molecule has 0 heterocycles. The van der Waals surface area contributed by atoms with Gasteiger partial charge >= 0.3 is 0 Å². The number of hydrogen-bond donors (Lipinski definition) is 2. The third-order valence-corrected chi connectivity index (χ3v) is 4.39. The molecule has 0 fully saturated rings. The highest BCUT2D eigenvalue weighted by Crippen LogP contribution is 2.28. The molecule has 1 aliphatic rings. The summed E-state index contributed by atoms with van der Waals surface area (Å²) in [5, 5.41) is 5.49. The van der Waals surface area contributed by atoms with Gasteiger partial charge in [-0.3, -0.25) is 9.59 Å². The van der Waals surface area contributed by atoms with Crippen molar-refractivity contribution in [2.45, 2.75) is 39.0 Å². The maximum atomic E-state index is 12.5. The minimum Gasteiger partial charge on any atom is -0.493 e. The van der Waals surface area contributed by atoms with Crippen LogP contribution in [0.15, 0.2) is 35.5 Å². The van der Waals surface area contributed by atoms with Crippen LogP contribution in [0.2, 0.25) is 0 Å². The number of hydrogen-bond acceptors (Lipinski definition) is 4. The van der Waals surface area contributed by atoms with E-state index in [1.54, 1.807) is 38.5 Å². The van der Waals surface area contributed by atoms with Crippen LogP contribution in [-0.4, -0.2) is 32.6 Å². The molecule has 2 rings (SSSR count). The molecule has 0 saturated carbocycles. The lowest BCUT2D eigenvalue weighted by Crippen LogP contribution is -2.34. The van der Waals surface area contributed by atoms with E-state index in [1.165, 1.54) is 25.3 Å². The van der Waals surface area contributed by atoms with Crippen molar-refractivity contribution in [2.75, 3.05) is 20.8 Å². The van der Waals surface area contributed by atoms with Crippen molar-refractivity contribution in [3.8, 4) is 11.5 Å². The van der Waals surface area contributed by atoms with Gasteiger partial charge in [0.1, 0.15) is 5.70 Å². The Morgan fingerprint density at radius 3 is 2.56 bits per heavy atom. The zero-order valence-electron chi connectivity index (χ0n) is 16.3. The molecule has 146 valence electrons. The second-order valence-corrected chi connectivity index (χ2v) is 6.47. The Balaban J connectivity index is 2.08. The first-order valence-electron chi connectivity index (χ1n) is 9.21. The first-order valence-corrected chi connectivity index (χ1v) is 9.21. The molecule has 0 aromatic heterocycles. The summed E-state index contributed by atoms with van der Waals surface area (Å²) in [5.41, 5.74) is 2.32. The fourth-order valence-electron chi connectivity index (χ4n) is 3.02. The third kappa shape index (κ3) is 6.47. The van der Waals surface area contributed by atoms with E-state index >= 15 is 0 Å². The van der Waals surface area contributed by atoms with Crippen molar-refractivity contribution in [1.82, 2.24) is 10.6 Å². The Labute approximate surface area is 160 Å². The van der Waals surface area contributed by atoms with Crippen LogP contribution in [0.5, 0.6) is 11.5 Å². The Bertz CT molecular complexity index is 738. The smallest absolute Gasteiger partial charge is 0.267 e. The van der Waals surface area contributed by atoms with Gasteiger partial charge in [-0.1, -0.05) is 17.7 Å². The van der Waals surface area contributed by atoms with Gasteiger partial charge in [0.05, 0.1) is 14.2 Å². The molecule has 0 bridgehead atoms. The number of amides is 2. The fourth-order valence-corrected chi connectivity index (χ4v) is 3.02. The summed E-state index contributed by atoms with van der Waals surface area (Å²) in [6.07, 6.45) is 9.43. The molecule has 0 radical (unpaired) electrons. The molecule has 1 aromatic carbocycles. The normalized spacial score (nSPS) is 14.2. The van der Waals surface area contributed by atoms with E-state index in [0.717, 1.165) is 24.8 Å². The second kappa shape index (κ2) is 10.4. The number of ether oxygens (including phenoxy) is 2. The molecule has 2 amide bonds. The summed E-state index contributed by atoms with van der Waals surface area (Å²) in [4.78, 5) is 24.0. The number of benzene rings is 1. The number of rotatable bonds is 8. The van der Waals surface area contributed by atoms with E-state index < -0.39 is 0 Å². The number of methoxy groups -OCH3 is 2. The zero-order chi connectivity index (χ0) is 19.6. The van der Waals surface area contributed by atoms with Crippen LogP contribution in [0.3, 0.4) is 0 Å². The molecule has 1 aromatic rings. The fraction of sp³-hybridized carbons (Fsp3) is 0.429. The van der Waals surface area contributed by atoms with Gasteiger partial charge in [0, 0.05) is 13.5 Å². The first kappa shape index (κ1) is 20.6. The molecule has 6 heteroatoms. The maximum absolute atomic E-state index is 12.5. The van der Waals surface area contributed by atoms with Gasteiger partial charge in [-0.2, -0.15) is 0 Å². The average Bonchev–Trinajstić information content (AvgIpc) is 2.67. The highest BCUT2D eigenvalue weighted by atomic mass is 16.5. The molecule has 1 aliphatic carbocycles. The van der Waals surface area contributed by atoms with E-state index in [2.05, 4.69) is 16.7 Å². The maximum Gasteiger partial charge on any atom is 0.267 e. The summed E-state index contributed by atoms with van der Waals surface area (Å²) in [5.74, 6) is 0.544. The van der Waals surface area contributed by atoms with Gasteiger partial charge in [0.2, 0.25) is 5.91 Å². The largest absolute Gasteiger partial charge is 0.493 e. The third-order valence-electron chi connectivity index (χ3n) is 4.39. The van der Waals surface area contributed by atoms with Gasteiger partial charge in [-0.05, 0) is 55.9 Å². The van der Waals surface area contributed by atoms with Crippen molar-refractivity contribution in [2.24, 2.45) is 0 Å². The standard InChI is InChI=1S/C21H28N2O4/c1-15(24)23-18(13-17-9-10-19(26-2)20(14-17)27-3)21(25)22-12-11-16-7-5-4-6-8-16/h7,9-10,13-14H,4-6,8,11-12H2,1-3H3,(H,22,25)(H,23,24)/b18-13-. The molecule has 0 atom stereocenters. The monoisotopic (exact) mass is 372 g/mol. The Kier molecular flexibility index (Phi) is 7.92. The number of nitrogens with one attached hydrogen (secondary N) is 2. The Morgan fingerprint density at radius 1 is 1.15 bits per heavy atom. The van der Waals surface area contributed by atoms with Gasteiger partial charge < -0.3 is 20.1 Å². The molecule has 0 saturated heterocycles. The van der Waals surface area contributed by atoms with E-state index in [0.29, 0.717) is 18.0 Å². The summed E-state index contributed by atoms with van der Waals surface area (Å²) in [7, 11) is 3.11. The molecular weight excluding hydrogens is 344 g/mol. The first-order chi connectivity index (χ1) is 13.0. The molecule has 6 nitrogen and oxygen atoms in total. The van der Waals surface area contributed by atoms with Gasteiger partial charge in [-0.15, -0.1) is 0 Å². The van der Waals surface area contributed by atoms with Crippen molar-refractivity contribution in [3.05, 3.63) is 41.1 Å². The van der Waals surface area contributed by atoms with E-state index in [9.17, 15) is 9.59 Å². The van der Waals surface area contributed by atoms with Crippen LogP contribution >= 0.6 is 0 Å². The van der Waals surface area contributed by atoms with Crippen molar-refractivity contribution in [3.63, 3.8) is 0 Å². The van der Waals surface area contributed by atoms with Crippen LogP contribution in [0.25, 0.3) is 6.08 Å². The minimum atomic E-state index is -0.309. The summed E-state index contributed by atoms with van der Waals surface area (Å²) in [6.45, 7) is 1.93. The predicted molar refractivity (Wildman–Crippen MR) is 106 cm³/mol. The van der Waals surface area contributed by atoms with Gasteiger partial charge in [0.25, 0.3) is 5.91 Å². The summed E-state index contributed by atoms with van der Waals surface area (Å²) < 4.78 is 10.5. The SMILES string of the molecule is COc1ccc(/C=C(\NC(C)=O)C(=O)NCCC2=CCCCC2)cc1OC. The molecular formula is C21H28N2O4. The number of allylic oxidation sites excluding steroid dienone is 1. The zero-order valence-corrected chi connectivity index (χ0v) is 16.3. The number of carbonyl (C=O) groups excluding carboxylic acids is 2. The lowest BCUT2D eigenvalue weighted by Gasteiger charge is -2.14. The molecule has 0 aliphatic heterocycles. The van der Waals surface area contributed by atoms with Crippen LogP contribution in [0, 0.1) is 0 Å². The average molecular weight is 372 g/mol. The molecule has 0 unspecified atom stereocenters. The molecule has 0 spiro atoms. The molecule has 2 N–H and O–H groups in total. The lowest BCUT2D eigenvalue weighted by atomic mass is 9.97. The minimum absolute atomic E-state index is 0.201. The van der Waals surface area contributed by atoms with Gasteiger partial charge in [-0.25, -0.2) is 0 Å². The Hall–Kier alpha value is -2.76. The van der Waals surface area contributed by atoms with Crippen LogP contribution in [-0.2, 0) is 9.59 Å². The van der Waals surface area contributed by atoms with Crippen LogP contribution < -0.4 is 20.1 Å². The van der Waals surface area contributed by atoms with E-state index in [4.69, 9.17) is 9.47 Å². The van der Waals surface area contributed by atoms with Crippen LogP contribution in [0.4, 0.5) is 0 Å². The molecule has 27 heavy (non-hydrogen) atoms. The summed E-state index contributed by atoms with van der Waals surface area (Å²) >= 11 is 0. The Morgan fingerprint density at radius 2 is 1.93 bits per heavy atom. The van der Waals surface area contributed by atoms with Crippen molar-refractivity contribution < 1.29 is 19.1 Å². The van der Waals surface area contributed by atoms with Crippen LogP contribution in [0.1, 0.15) is 44.6 Å². The summed E-state index contributed by atoms with van der Waals surface area (Å²) in [6, 6.07) is 5.30. The predicted octanol–water partition coefficient (Wildman–Crippen LogP) is 3.19. The van der Waals surface area contributed by atoms with Gasteiger partial charge in [0.15, 0.2) is 11.5 Å². The van der Waals surface area contributed by atoms with Crippen molar-refractivity contribution in [1.29, 1.82) is 0 Å². The second-order valence-electron chi connectivity index (χ2n) is 6.47. The topological polar surface area (TPSA) is 76.7 Å². The lowest BCUT2D eigenvalue weighted by molar-refractivity contribution is -0.122. The highest BCUT2D eigenvalue weighted by molar-refractivity contribution is 6.00. The quantitative estimate of drug-likeness (QED) is 0.543. The van der Waals surface area contributed by atoms with E-state index in [-0.39, 0.29) is 17.5 Å².